The predicted molar refractivity (Wildman–Crippen MR) is 120 cm³/mol. The van der Waals surface area contributed by atoms with E-state index in [0.717, 1.165) is 0 Å². The summed E-state index contributed by atoms with van der Waals surface area (Å²) in [6.07, 6.45) is 3.47. The number of hydrogen-bond acceptors (Lipinski definition) is 3. The number of hydrogen-bond donors (Lipinski definition) is 0. The van der Waals surface area contributed by atoms with Crippen LogP contribution in [-0.2, 0) is 4.74 Å². The summed E-state index contributed by atoms with van der Waals surface area (Å²) in [7, 11) is -2.19. The van der Waals surface area contributed by atoms with Crippen LogP contribution in [-0.4, -0.2) is 17.3 Å². The van der Waals surface area contributed by atoms with E-state index in [0.29, 0.717) is 11.9 Å². The molecule has 0 N–H and O–H groups in total. The van der Waals surface area contributed by atoms with Crippen molar-refractivity contribution >= 4 is 29.1 Å². The smallest absolute Gasteiger partial charge is 0.342 e. The number of carbonyl (C=O) groups is 1. The maximum Gasteiger partial charge on any atom is 0.342 e. The largest absolute Gasteiger partial charge is 0.425 e. The van der Waals surface area contributed by atoms with Crippen LogP contribution in [0.2, 0.25) is 0 Å². The van der Waals surface area contributed by atoms with Gasteiger partial charge >= 0.3 is 5.97 Å². The molecule has 29 heavy (non-hydrogen) atoms. The summed E-state index contributed by atoms with van der Waals surface area (Å²) in [6.45, 7) is 0. The normalized spacial score (nSPS) is 11.0. The average molecular weight is 398 g/mol. The van der Waals surface area contributed by atoms with Gasteiger partial charge in [0.2, 0.25) is 6.35 Å². The molecular weight excluding hydrogens is 377 g/mol. The van der Waals surface area contributed by atoms with E-state index in [4.69, 9.17) is 4.74 Å². The second-order valence-electron chi connectivity index (χ2n) is 6.62. The van der Waals surface area contributed by atoms with Crippen molar-refractivity contribution < 1.29 is 9.53 Å². The number of pyridine rings is 1. The van der Waals surface area contributed by atoms with Crippen molar-refractivity contribution in [3.63, 3.8) is 0 Å². The maximum absolute atomic E-state index is 12.7. The number of aromatic nitrogens is 1. The van der Waals surface area contributed by atoms with Gasteiger partial charge in [-0.2, -0.15) is 0 Å². The minimum absolute atomic E-state index is 0.290. The Hall–Kier alpha value is -3.29. The minimum Gasteiger partial charge on any atom is -0.425 e. The summed E-state index contributed by atoms with van der Waals surface area (Å²) in [4.78, 5) is 16.8. The molecule has 0 bridgehead atoms. The molecule has 4 rings (SSSR count). The molecule has 0 aliphatic heterocycles. The van der Waals surface area contributed by atoms with E-state index >= 15 is 0 Å². The molecule has 0 atom stereocenters. The monoisotopic (exact) mass is 398 g/mol. The van der Waals surface area contributed by atoms with Crippen molar-refractivity contribution in [2.45, 2.75) is 0 Å². The fraction of sp³-hybridized carbons (Fsp3) is 0.0400. The van der Waals surface area contributed by atoms with E-state index in [1.807, 2.05) is 54.6 Å². The Morgan fingerprint density at radius 3 is 1.59 bits per heavy atom. The van der Waals surface area contributed by atoms with Gasteiger partial charge in [0, 0.05) is 12.4 Å². The van der Waals surface area contributed by atoms with E-state index in [1.54, 1.807) is 18.3 Å². The zero-order chi connectivity index (χ0) is 19.9. The van der Waals surface area contributed by atoms with Gasteiger partial charge in [-0.3, -0.25) is 4.98 Å². The molecule has 1 heterocycles. The highest BCUT2D eigenvalue weighted by molar-refractivity contribution is 7.95. The molecule has 0 aliphatic rings. The lowest BCUT2D eigenvalue weighted by Crippen LogP contribution is -2.34. The molecule has 142 valence electrons. The van der Waals surface area contributed by atoms with Crippen LogP contribution in [0.15, 0.2) is 116 Å². The van der Waals surface area contributed by atoms with Crippen LogP contribution in [0, 0.1) is 0 Å². The quantitative estimate of drug-likeness (QED) is 0.361. The van der Waals surface area contributed by atoms with Gasteiger partial charge in [-0.05, 0) is 48.5 Å². The van der Waals surface area contributed by atoms with Gasteiger partial charge < -0.3 is 4.74 Å². The van der Waals surface area contributed by atoms with Crippen molar-refractivity contribution in [1.82, 2.24) is 4.98 Å². The first-order valence-electron chi connectivity index (χ1n) is 9.43. The van der Waals surface area contributed by atoms with Gasteiger partial charge in [0.25, 0.3) is 0 Å². The molecule has 0 unspecified atom stereocenters. The lowest BCUT2D eigenvalue weighted by molar-refractivity contribution is 0.0574. The Kier molecular flexibility index (Phi) is 5.79. The predicted octanol–water partition coefficient (Wildman–Crippen LogP) is 4.19. The lowest BCUT2D eigenvalue weighted by Gasteiger charge is -2.26. The number of ether oxygens (including phenoxy) is 1. The van der Waals surface area contributed by atoms with Crippen LogP contribution < -0.4 is 15.9 Å². The van der Waals surface area contributed by atoms with Crippen LogP contribution in [0.1, 0.15) is 10.4 Å². The van der Waals surface area contributed by atoms with Gasteiger partial charge in [-0.25, -0.2) is 4.79 Å². The lowest BCUT2D eigenvalue weighted by atomic mass is 10.3. The Morgan fingerprint density at radius 1 is 0.690 bits per heavy atom. The molecule has 0 spiro atoms. The molecule has 1 aromatic heterocycles. The van der Waals surface area contributed by atoms with E-state index in [2.05, 4.69) is 41.4 Å². The standard InChI is InChI=1S/C25H21NO2P/c27-25(21-11-10-18-26-19-21)28-20-29(22-12-4-1-5-13-22,23-14-6-2-7-15-23)24-16-8-3-9-17-24/h1-19H,20H2/q+1. The number of nitrogens with zero attached hydrogens (tertiary/aromatic N) is 1. The van der Waals surface area contributed by atoms with Gasteiger partial charge in [0.15, 0.2) is 7.26 Å². The number of esters is 1. The minimum atomic E-state index is -2.19. The summed E-state index contributed by atoms with van der Waals surface area (Å²) in [5.41, 5.74) is 0.458. The molecule has 0 saturated carbocycles. The SMILES string of the molecule is O=C(OC[P+](c1ccccc1)(c1ccccc1)c1ccccc1)c1cccnc1. The van der Waals surface area contributed by atoms with Crippen molar-refractivity contribution in [2.24, 2.45) is 0 Å². The summed E-state index contributed by atoms with van der Waals surface area (Å²) in [5, 5.41) is 3.53. The third kappa shape index (κ3) is 3.96. The first-order valence-corrected chi connectivity index (χ1v) is 11.4. The van der Waals surface area contributed by atoms with Gasteiger partial charge in [0.1, 0.15) is 15.9 Å². The molecule has 0 fully saturated rings. The van der Waals surface area contributed by atoms with Crippen molar-refractivity contribution in [1.29, 1.82) is 0 Å². The van der Waals surface area contributed by atoms with Gasteiger partial charge in [0.05, 0.1) is 5.56 Å². The highest BCUT2D eigenvalue weighted by Crippen LogP contribution is 2.55. The fourth-order valence-corrected chi connectivity index (χ4v) is 7.14. The highest BCUT2D eigenvalue weighted by atomic mass is 31.2. The molecule has 0 saturated heterocycles. The molecular formula is C25H21NO2P+. The number of benzene rings is 3. The third-order valence-electron chi connectivity index (χ3n) is 4.88. The maximum atomic E-state index is 12.7. The molecule has 3 nitrogen and oxygen atoms in total. The highest BCUT2D eigenvalue weighted by Gasteiger charge is 2.46. The van der Waals surface area contributed by atoms with Crippen molar-refractivity contribution in [3.8, 4) is 0 Å². The second kappa shape index (κ2) is 8.81. The van der Waals surface area contributed by atoms with Crippen molar-refractivity contribution in [2.75, 3.05) is 6.35 Å². The van der Waals surface area contributed by atoms with Crippen LogP contribution in [0.25, 0.3) is 0 Å². The number of rotatable bonds is 6. The van der Waals surface area contributed by atoms with Crippen LogP contribution in [0.4, 0.5) is 0 Å². The summed E-state index contributed by atoms with van der Waals surface area (Å²) in [5.74, 6) is -0.356. The molecule has 0 aliphatic carbocycles. The molecule has 3 aromatic carbocycles. The van der Waals surface area contributed by atoms with E-state index < -0.39 is 7.26 Å². The molecule has 0 radical (unpaired) electrons. The molecule has 0 amide bonds. The summed E-state index contributed by atoms with van der Waals surface area (Å²) >= 11 is 0. The zero-order valence-corrected chi connectivity index (χ0v) is 16.8. The zero-order valence-electron chi connectivity index (χ0n) is 15.9. The van der Waals surface area contributed by atoms with Gasteiger partial charge in [-0.15, -0.1) is 0 Å². The first kappa shape index (κ1) is 19.0. The fourth-order valence-electron chi connectivity index (χ4n) is 3.44. The van der Waals surface area contributed by atoms with Crippen LogP contribution in [0.3, 0.4) is 0 Å². The first-order chi connectivity index (χ1) is 14.3. The van der Waals surface area contributed by atoms with E-state index in [-0.39, 0.29) is 5.97 Å². The summed E-state index contributed by atoms with van der Waals surface area (Å²) in [6, 6.07) is 34.5. The Bertz CT molecular complexity index is 958. The molecule has 4 heteroatoms. The molecule has 4 aromatic rings. The summed E-state index contributed by atoms with van der Waals surface area (Å²) < 4.78 is 5.93. The van der Waals surface area contributed by atoms with Crippen LogP contribution >= 0.6 is 7.26 Å². The Morgan fingerprint density at radius 2 is 1.17 bits per heavy atom. The Labute approximate surface area is 171 Å². The van der Waals surface area contributed by atoms with Crippen molar-refractivity contribution in [3.05, 3.63) is 121 Å². The number of carbonyl (C=O) groups excluding carboxylic acids is 1. The van der Waals surface area contributed by atoms with Gasteiger partial charge in [-0.1, -0.05) is 54.6 Å². The van der Waals surface area contributed by atoms with Crippen LogP contribution in [0.5, 0.6) is 0 Å². The topological polar surface area (TPSA) is 39.2 Å². The van der Waals surface area contributed by atoms with E-state index in [1.165, 1.54) is 22.1 Å². The second-order valence-corrected chi connectivity index (χ2v) is 10.0. The third-order valence-corrected chi connectivity index (χ3v) is 8.93. The Balaban J connectivity index is 1.83. The average Bonchev–Trinajstić information content (AvgIpc) is 2.82. The van der Waals surface area contributed by atoms with E-state index in [9.17, 15) is 4.79 Å².